The molecule has 2 nitrogen and oxygen atoms in total. The quantitative estimate of drug-likeness (QED) is 0.902. The normalized spacial score (nSPS) is 28.6. The number of hydrogen-bond acceptors (Lipinski definition) is 2. The van der Waals surface area contributed by atoms with Crippen molar-refractivity contribution in [2.45, 2.75) is 44.3 Å². The molecule has 2 unspecified atom stereocenters. The second-order valence-electron chi connectivity index (χ2n) is 5.51. The molecule has 0 aromatic heterocycles. The number of halogens is 2. The molecule has 1 heterocycles. The Hall–Kier alpha value is -0.800. The molecule has 4 heteroatoms. The number of benzene rings is 1. The fraction of sp³-hybridized carbons (Fsp3) is 0.571. The van der Waals surface area contributed by atoms with Crippen LogP contribution in [0.5, 0.6) is 0 Å². The Bertz CT molecular complexity index is 427. The van der Waals surface area contributed by atoms with Crippen LogP contribution in [0.4, 0.5) is 10.1 Å². The molecule has 0 amide bonds. The largest absolute Gasteiger partial charge is 0.381 e. The third kappa shape index (κ3) is 2.62. The van der Waals surface area contributed by atoms with Crippen LogP contribution in [0.2, 0.25) is 5.02 Å². The zero-order valence-electron chi connectivity index (χ0n) is 10.5. The van der Waals surface area contributed by atoms with E-state index >= 15 is 0 Å². The first-order valence-electron chi connectivity index (χ1n) is 6.60. The highest BCUT2D eigenvalue weighted by Gasteiger charge is 2.38. The summed E-state index contributed by atoms with van der Waals surface area (Å²) in [4.78, 5) is 2.57. The molecular formula is C14H18ClFN2. The zero-order valence-corrected chi connectivity index (χ0v) is 11.3. The summed E-state index contributed by atoms with van der Waals surface area (Å²) >= 11 is 5.86. The number of nitrogens with one attached hydrogen (secondary N) is 1. The van der Waals surface area contributed by atoms with Crippen molar-refractivity contribution in [2.75, 3.05) is 11.9 Å². The Kier molecular flexibility index (Phi) is 3.20. The molecule has 2 atom stereocenters. The van der Waals surface area contributed by atoms with Crippen molar-refractivity contribution in [1.29, 1.82) is 0 Å². The SMILES string of the molecule is CC1CC(Nc2cc(F)cc(Cl)c2)CN1C1CC1. The van der Waals surface area contributed by atoms with Gasteiger partial charge in [-0.1, -0.05) is 11.6 Å². The maximum absolute atomic E-state index is 13.3. The summed E-state index contributed by atoms with van der Waals surface area (Å²) in [6.45, 7) is 3.33. The van der Waals surface area contributed by atoms with Crippen molar-refractivity contribution >= 4 is 17.3 Å². The van der Waals surface area contributed by atoms with E-state index in [1.807, 2.05) is 0 Å². The molecular weight excluding hydrogens is 251 g/mol. The summed E-state index contributed by atoms with van der Waals surface area (Å²) < 4.78 is 13.3. The van der Waals surface area contributed by atoms with E-state index in [1.165, 1.54) is 25.0 Å². The van der Waals surface area contributed by atoms with Crippen LogP contribution in [0, 0.1) is 5.82 Å². The third-order valence-electron chi connectivity index (χ3n) is 3.87. The first kappa shape index (κ1) is 12.2. The van der Waals surface area contributed by atoms with Crippen LogP contribution in [-0.2, 0) is 0 Å². The minimum Gasteiger partial charge on any atom is -0.381 e. The highest BCUT2D eigenvalue weighted by molar-refractivity contribution is 6.30. The Labute approximate surface area is 112 Å². The van der Waals surface area contributed by atoms with Crippen molar-refractivity contribution in [3.63, 3.8) is 0 Å². The highest BCUT2D eigenvalue weighted by atomic mass is 35.5. The number of rotatable bonds is 3. The average molecular weight is 269 g/mol. The van der Waals surface area contributed by atoms with Gasteiger partial charge in [-0.05, 0) is 44.4 Å². The van der Waals surface area contributed by atoms with Crippen LogP contribution < -0.4 is 5.32 Å². The van der Waals surface area contributed by atoms with E-state index in [9.17, 15) is 4.39 Å². The molecule has 18 heavy (non-hydrogen) atoms. The number of nitrogens with zero attached hydrogens (tertiary/aromatic N) is 1. The second-order valence-corrected chi connectivity index (χ2v) is 5.95. The van der Waals surface area contributed by atoms with E-state index in [0.717, 1.165) is 24.7 Å². The standard InChI is InChI=1S/C14H18ClFN2/c1-9-4-13(8-18(9)14-2-3-14)17-12-6-10(15)5-11(16)7-12/h5-7,9,13-14,17H,2-4,8H2,1H3. The maximum atomic E-state index is 13.3. The molecule has 1 aliphatic carbocycles. The van der Waals surface area contributed by atoms with Crippen LogP contribution in [0.1, 0.15) is 26.2 Å². The van der Waals surface area contributed by atoms with Crippen molar-refractivity contribution in [2.24, 2.45) is 0 Å². The summed E-state index contributed by atoms with van der Waals surface area (Å²) in [5.74, 6) is -0.282. The molecule has 0 radical (unpaired) electrons. The molecule has 1 aromatic rings. The lowest BCUT2D eigenvalue weighted by Crippen LogP contribution is -2.31. The minimum atomic E-state index is -0.282. The van der Waals surface area contributed by atoms with Gasteiger partial charge < -0.3 is 5.32 Å². The smallest absolute Gasteiger partial charge is 0.126 e. The van der Waals surface area contributed by atoms with E-state index in [-0.39, 0.29) is 5.82 Å². The number of anilines is 1. The Morgan fingerprint density at radius 3 is 2.78 bits per heavy atom. The summed E-state index contributed by atoms with van der Waals surface area (Å²) in [5, 5.41) is 3.85. The van der Waals surface area contributed by atoms with Gasteiger partial charge in [-0.15, -0.1) is 0 Å². The Morgan fingerprint density at radius 2 is 2.11 bits per heavy atom. The first-order chi connectivity index (χ1) is 8.61. The fourth-order valence-corrected chi connectivity index (χ4v) is 3.17. The van der Waals surface area contributed by atoms with E-state index in [1.54, 1.807) is 6.07 Å². The van der Waals surface area contributed by atoms with Crippen LogP contribution in [0.15, 0.2) is 18.2 Å². The predicted molar refractivity (Wildman–Crippen MR) is 72.6 cm³/mol. The van der Waals surface area contributed by atoms with E-state index in [4.69, 9.17) is 11.6 Å². The molecule has 0 spiro atoms. The molecule has 2 aliphatic rings. The average Bonchev–Trinajstić information content (AvgIpc) is 3.02. The summed E-state index contributed by atoms with van der Waals surface area (Å²) in [6, 6.07) is 6.45. The van der Waals surface area contributed by atoms with Crippen molar-refractivity contribution in [3.8, 4) is 0 Å². The molecule has 0 bridgehead atoms. The Balaban J connectivity index is 1.66. The lowest BCUT2D eigenvalue weighted by atomic mass is 10.2. The lowest BCUT2D eigenvalue weighted by molar-refractivity contribution is 0.257. The summed E-state index contributed by atoms with van der Waals surface area (Å²) in [5.41, 5.74) is 0.787. The summed E-state index contributed by atoms with van der Waals surface area (Å²) in [7, 11) is 0. The molecule has 1 aliphatic heterocycles. The molecule has 3 rings (SSSR count). The van der Waals surface area contributed by atoms with Crippen molar-refractivity contribution < 1.29 is 4.39 Å². The van der Waals surface area contributed by atoms with Crippen LogP contribution >= 0.6 is 11.6 Å². The van der Waals surface area contributed by atoms with Gasteiger partial charge in [-0.25, -0.2) is 4.39 Å². The Morgan fingerprint density at radius 1 is 1.33 bits per heavy atom. The van der Waals surface area contributed by atoms with Crippen molar-refractivity contribution in [1.82, 2.24) is 4.90 Å². The van der Waals surface area contributed by atoms with E-state index < -0.39 is 0 Å². The van der Waals surface area contributed by atoms with Gasteiger partial charge in [-0.3, -0.25) is 4.90 Å². The highest BCUT2D eigenvalue weighted by Crippen LogP contribution is 2.34. The van der Waals surface area contributed by atoms with Gasteiger partial charge in [0.25, 0.3) is 0 Å². The van der Waals surface area contributed by atoms with Crippen LogP contribution in [0.3, 0.4) is 0 Å². The summed E-state index contributed by atoms with van der Waals surface area (Å²) in [6.07, 6.45) is 3.79. The number of likely N-dealkylation sites (tertiary alicyclic amines) is 1. The van der Waals surface area contributed by atoms with Gasteiger partial charge in [0.2, 0.25) is 0 Å². The lowest BCUT2D eigenvalue weighted by Gasteiger charge is -2.20. The maximum Gasteiger partial charge on any atom is 0.126 e. The van der Waals surface area contributed by atoms with Gasteiger partial charge in [0.15, 0.2) is 0 Å². The van der Waals surface area contributed by atoms with Gasteiger partial charge >= 0.3 is 0 Å². The monoisotopic (exact) mass is 268 g/mol. The van der Waals surface area contributed by atoms with E-state index in [0.29, 0.717) is 17.1 Å². The molecule has 1 aromatic carbocycles. The first-order valence-corrected chi connectivity index (χ1v) is 6.98. The van der Waals surface area contributed by atoms with Crippen LogP contribution in [0.25, 0.3) is 0 Å². The van der Waals surface area contributed by atoms with Crippen molar-refractivity contribution in [3.05, 3.63) is 29.0 Å². The third-order valence-corrected chi connectivity index (χ3v) is 4.09. The van der Waals surface area contributed by atoms with Gasteiger partial charge in [0.1, 0.15) is 5.82 Å². The van der Waals surface area contributed by atoms with E-state index in [2.05, 4.69) is 17.1 Å². The second kappa shape index (κ2) is 4.71. The topological polar surface area (TPSA) is 15.3 Å². The predicted octanol–water partition coefficient (Wildman–Crippen LogP) is 3.52. The van der Waals surface area contributed by atoms with Gasteiger partial charge in [-0.2, -0.15) is 0 Å². The van der Waals surface area contributed by atoms with Gasteiger partial charge in [0, 0.05) is 35.4 Å². The zero-order chi connectivity index (χ0) is 12.7. The molecule has 98 valence electrons. The number of hydrogen-bond donors (Lipinski definition) is 1. The fourth-order valence-electron chi connectivity index (χ4n) is 2.95. The molecule has 1 saturated carbocycles. The van der Waals surface area contributed by atoms with Gasteiger partial charge in [0.05, 0.1) is 0 Å². The molecule has 1 N–H and O–H groups in total. The minimum absolute atomic E-state index is 0.282. The van der Waals surface area contributed by atoms with Crippen LogP contribution in [-0.4, -0.2) is 29.6 Å². The molecule has 1 saturated heterocycles. The molecule has 2 fully saturated rings.